The fraction of sp³-hybridized carbons (Fsp3) is 0.730. The first-order valence-corrected chi connectivity index (χ1v) is 16.4. The van der Waals surface area contributed by atoms with Crippen molar-refractivity contribution in [3.05, 3.63) is 41.0 Å². The van der Waals surface area contributed by atoms with Crippen LogP contribution in [0.2, 0.25) is 0 Å². The summed E-state index contributed by atoms with van der Waals surface area (Å²) in [6.45, 7) is 19.0. The number of ketones is 2. The zero-order chi connectivity index (χ0) is 30.5. The van der Waals surface area contributed by atoms with E-state index in [2.05, 4.69) is 65.3 Å². The third-order valence-electron chi connectivity index (χ3n) is 13.6. The highest BCUT2D eigenvalue weighted by Crippen LogP contribution is 2.74. The van der Waals surface area contributed by atoms with Gasteiger partial charge >= 0.3 is 0 Å². The third-order valence-corrected chi connectivity index (χ3v) is 13.6. The Morgan fingerprint density at radius 2 is 1.74 bits per heavy atom. The van der Waals surface area contributed by atoms with Crippen molar-refractivity contribution in [2.45, 2.75) is 126 Å². The molecule has 0 bridgehead atoms. The minimum absolute atomic E-state index is 0.0164. The van der Waals surface area contributed by atoms with Crippen LogP contribution in [-0.2, 0) is 16.1 Å². The summed E-state index contributed by atoms with van der Waals surface area (Å²) in [6.07, 6.45) is 17.1. The van der Waals surface area contributed by atoms with Crippen LogP contribution in [0.4, 0.5) is 0 Å². The number of hydrogen-bond donors (Lipinski definition) is 0. The topological polar surface area (TPSA) is 75.8 Å². The molecule has 0 saturated heterocycles. The van der Waals surface area contributed by atoms with Gasteiger partial charge in [-0.15, -0.1) is 0 Å². The maximum Gasteiger partial charge on any atom is 0.179 e. The molecule has 4 fully saturated rings. The number of aryl methyl sites for hydroxylation is 2. The molecule has 1 aromatic rings. The normalized spacial score (nSPS) is 41.1. The molecule has 5 aliphatic rings. The number of carbonyl (C=O) groups is 2. The van der Waals surface area contributed by atoms with Gasteiger partial charge in [-0.25, -0.2) is 4.98 Å². The lowest BCUT2D eigenvalue weighted by Gasteiger charge is -2.65. The van der Waals surface area contributed by atoms with Crippen LogP contribution in [0, 0.1) is 69.5 Å². The average Bonchev–Trinajstić information content (AvgIpc) is 3.63. The van der Waals surface area contributed by atoms with E-state index in [1.54, 1.807) is 6.92 Å². The van der Waals surface area contributed by atoms with E-state index < -0.39 is 10.8 Å². The van der Waals surface area contributed by atoms with Crippen LogP contribution in [-0.4, -0.2) is 21.1 Å². The molecule has 5 heteroatoms. The Hall–Kier alpha value is -2.48. The first kappa shape index (κ1) is 29.6. The van der Waals surface area contributed by atoms with Gasteiger partial charge in [0.05, 0.1) is 11.3 Å². The van der Waals surface area contributed by atoms with E-state index in [4.69, 9.17) is 4.98 Å². The van der Waals surface area contributed by atoms with Gasteiger partial charge in [-0.05, 0) is 125 Å². The monoisotopic (exact) mass is 569 g/mol. The Morgan fingerprint density at radius 1 is 1.05 bits per heavy atom. The van der Waals surface area contributed by atoms with Crippen molar-refractivity contribution in [3.63, 3.8) is 0 Å². The number of nitriles is 1. The lowest BCUT2D eigenvalue weighted by atomic mass is 9.39. The molecule has 0 N–H and O–H groups in total. The molecule has 4 saturated carbocycles. The van der Waals surface area contributed by atoms with E-state index in [1.165, 1.54) is 31.3 Å². The van der Waals surface area contributed by atoms with Crippen molar-refractivity contribution < 1.29 is 9.59 Å². The molecule has 0 amide bonds. The molecule has 0 radical (unpaired) electrons. The zero-order valence-electron chi connectivity index (χ0n) is 27.3. The number of fused-ring (bicyclic) bond motifs is 3. The van der Waals surface area contributed by atoms with Crippen LogP contribution in [0.3, 0.4) is 0 Å². The average molecular weight is 570 g/mol. The molecule has 42 heavy (non-hydrogen) atoms. The second-order valence-corrected chi connectivity index (χ2v) is 16.8. The molecule has 0 unspecified atom stereocenters. The van der Waals surface area contributed by atoms with E-state index in [0.29, 0.717) is 16.9 Å². The van der Waals surface area contributed by atoms with Gasteiger partial charge in [0.1, 0.15) is 11.9 Å². The Balaban J connectivity index is 1.42. The lowest BCUT2D eigenvalue weighted by Crippen LogP contribution is -2.57. The minimum Gasteiger partial charge on any atom is -0.334 e. The highest BCUT2D eigenvalue weighted by Gasteiger charge is 2.69. The van der Waals surface area contributed by atoms with Gasteiger partial charge < -0.3 is 4.57 Å². The number of rotatable bonds is 4. The quantitative estimate of drug-likeness (QED) is 0.342. The van der Waals surface area contributed by atoms with Crippen molar-refractivity contribution in [3.8, 4) is 6.07 Å². The van der Waals surface area contributed by atoms with Crippen LogP contribution in [0.1, 0.15) is 117 Å². The Labute approximate surface area is 253 Å². The van der Waals surface area contributed by atoms with Gasteiger partial charge in [0.25, 0.3) is 0 Å². The molecule has 5 nitrogen and oxygen atoms in total. The summed E-state index contributed by atoms with van der Waals surface area (Å²) >= 11 is 0. The molecule has 226 valence electrons. The van der Waals surface area contributed by atoms with E-state index in [0.717, 1.165) is 56.6 Å². The lowest BCUT2D eigenvalue weighted by molar-refractivity contribution is -0.130. The van der Waals surface area contributed by atoms with Gasteiger partial charge in [-0.3, -0.25) is 9.59 Å². The summed E-state index contributed by atoms with van der Waals surface area (Å²) < 4.78 is 2.42. The second-order valence-electron chi connectivity index (χ2n) is 16.8. The summed E-state index contributed by atoms with van der Waals surface area (Å²) in [7, 11) is 0. The predicted molar refractivity (Wildman–Crippen MR) is 165 cm³/mol. The van der Waals surface area contributed by atoms with Crippen molar-refractivity contribution >= 4 is 11.6 Å². The van der Waals surface area contributed by atoms with Crippen LogP contribution in [0.25, 0.3) is 0 Å². The Morgan fingerprint density at radius 3 is 2.33 bits per heavy atom. The summed E-state index contributed by atoms with van der Waals surface area (Å²) in [5.41, 5.74) is 2.16. The molecule has 0 aromatic carbocycles. The molecule has 1 aromatic heterocycles. The van der Waals surface area contributed by atoms with E-state index in [9.17, 15) is 14.9 Å². The molecular formula is C37H51N3O2. The number of Topliss-reactive ketones (excluding diaryl/α,β-unsaturated/α-hetero) is 1. The van der Waals surface area contributed by atoms with Crippen LogP contribution >= 0.6 is 0 Å². The van der Waals surface area contributed by atoms with E-state index in [1.807, 2.05) is 12.2 Å². The van der Waals surface area contributed by atoms with Crippen LogP contribution < -0.4 is 0 Å². The third kappa shape index (κ3) is 4.17. The van der Waals surface area contributed by atoms with Gasteiger partial charge in [-0.2, -0.15) is 5.26 Å². The summed E-state index contributed by atoms with van der Waals surface area (Å²) in [5, 5.41) is 10.0. The molecule has 1 heterocycles. The molecular weight excluding hydrogens is 518 g/mol. The van der Waals surface area contributed by atoms with Crippen LogP contribution in [0.15, 0.2) is 29.5 Å². The standard InChI is InChI=1S/C37H51N3O2/c1-24-22-40(26(3)39-24)23-36-13-11-32(4,5)19-28(36)20-33(6,12-14-36)35(8)10-9-29-34(7,30(35)17-25(2)41)18-27(21-38)31(42)37(29)15-16-37/h17-18,22,28-29H,9-16,19-20,23H2,1-8H3/b30-17-/t28-,29+,33+,34-,35+,36+/m0/s1. The van der Waals surface area contributed by atoms with Crippen LogP contribution in [0.5, 0.6) is 0 Å². The maximum absolute atomic E-state index is 13.4. The number of allylic oxidation sites excluding steroid dienone is 4. The smallest absolute Gasteiger partial charge is 0.179 e. The Bertz CT molecular complexity index is 1450. The van der Waals surface area contributed by atoms with Gasteiger partial charge in [-0.1, -0.05) is 46.3 Å². The SMILES string of the molecule is CC(=O)/C=C1/[C@@]2(C)C=C(C#N)C(=O)C3(CC3)[C@@H]2CC[C@@]1(C)[C@]1(C)CC[C@@]2(Cn3cc(C)nc3C)CCC(C)(C)C[C@H]2C1. The first-order valence-electron chi connectivity index (χ1n) is 16.4. The van der Waals surface area contributed by atoms with E-state index in [-0.39, 0.29) is 33.7 Å². The maximum atomic E-state index is 13.4. The summed E-state index contributed by atoms with van der Waals surface area (Å²) in [6, 6.07) is 2.27. The number of aromatic nitrogens is 2. The van der Waals surface area contributed by atoms with Crippen molar-refractivity contribution in [2.75, 3.05) is 0 Å². The zero-order valence-corrected chi connectivity index (χ0v) is 27.3. The largest absolute Gasteiger partial charge is 0.334 e. The molecule has 1 spiro atoms. The molecule has 0 aliphatic heterocycles. The van der Waals surface area contributed by atoms with Crippen molar-refractivity contribution in [2.24, 2.45) is 44.3 Å². The number of imidazole rings is 1. The van der Waals surface area contributed by atoms with Crippen molar-refractivity contribution in [1.29, 1.82) is 5.26 Å². The predicted octanol–water partition coefficient (Wildman–Crippen LogP) is 8.25. The highest BCUT2D eigenvalue weighted by molar-refractivity contribution is 6.06. The van der Waals surface area contributed by atoms with Gasteiger partial charge in [0.15, 0.2) is 11.6 Å². The fourth-order valence-electron chi connectivity index (χ4n) is 10.9. The number of hydrogen-bond acceptors (Lipinski definition) is 4. The summed E-state index contributed by atoms with van der Waals surface area (Å²) in [5.74, 6) is 2.01. The van der Waals surface area contributed by atoms with Gasteiger partial charge in [0.2, 0.25) is 0 Å². The highest BCUT2D eigenvalue weighted by atomic mass is 16.1. The Kier molecular flexibility index (Phi) is 6.52. The number of carbonyl (C=O) groups excluding carboxylic acids is 2. The minimum atomic E-state index is -0.455. The van der Waals surface area contributed by atoms with Crippen molar-refractivity contribution in [1.82, 2.24) is 9.55 Å². The molecule has 5 aliphatic carbocycles. The second kappa shape index (κ2) is 9.26. The molecule has 6 atom stereocenters. The molecule has 6 rings (SSSR count). The number of nitrogens with zero attached hydrogens (tertiary/aromatic N) is 3. The van der Waals surface area contributed by atoms with Gasteiger partial charge in [0, 0.05) is 23.6 Å². The summed E-state index contributed by atoms with van der Waals surface area (Å²) in [4.78, 5) is 31.1. The fourth-order valence-corrected chi connectivity index (χ4v) is 10.9. The van der Waals surface area contributed by atoms with E-state index >= 15 is 0 Å². The first-order chi connectivity index (χ1) is 19.5.